The van der Waals surface area contributed by atoms with E-state index in [1.807, 2.05) is 13.2 Å². The van der Waals surface area contributed by atoms with E-state index in [9.17, 15) is 0 Å². The van der Waals surface area contributed by atoms with Gasteiger partial charge in [-0.3, -0.25) is 0 Å². The van der Waals surface area contributed by atoms with Crippen molar-refractivity contribution in [3.05, 3.63) is 47.7 Å². The lowest BCUT2D eigenvalue weighted by atomic mass is 10.0. The lowest BCUT2D eigenvalue weighted by Gasteiger charge is -2.11. The zero-order chi connectivity index (χ0) is 14.3. The highest BCUT2D eigenvalue weighted by atomic mass is 16.5. The second-order valence-corrected chi connectivity index (χ2v) is 4.76. The Kier molecular flexibility index (Phi) is 6.37. The predicted molar refractivity (Wildman–Crippen MR) is 81.8 cm³/mol. The molecule has 0 spiro atoms. The fourth-order valence-electron chi connectivity index (χ4n) is 1.74. The van der Waals surface area contributed by atoms with Gasteiger partial charge in [-0.2, -0.15) is 0 Å². The van der Waals surface area contributed by atoms with E-state index in [0.29, 0.717) is 6.61 Å². The molecule has 1 rings (SSSR count). The molecule has 1 aromatic carbocycles. The quantitative estimate of drug-likeness (QED) is 0.700. The van der Waals surface area contributed by atoms with Gasteiger partial charge in [0.2, 0.25) is 0 Å². The van der Waals surface area contributed by atoms with Gasteiger partial charge in [0.15, 0.2) is 0 Å². The standard InChI is InChI=1S/C17H24O2/c1-6-13(2)16-8-7-9-17(10-16)14(3)11-19-15(4)12-18-5/h6-11,15H,12H2,1-5H3/b13-6+,14-11+. The highest BCUT2D eigenvalue weighted by molar-refractivity contribution is 5.70. The van der Waals surface area contributed by atoms with Gasteiger partial charge < -0.3 is 9.47 Å². The molecule has 104 valence electrons. The summed E-state index contributed by atoms with van der Waals surface area (Å²) in [5, 5.41) is 0. The molecule has 0 bridgehead atoms. The molecule has 0 aromatic heterocycles. The number of hydrogen-bond donors (Lipinski definition) is 0. The molecule has 19 heavy (non-hydrogen) atoms. The number of ether oxygens (including phenoxy) is 2. The molecule has 0 amide bonds. The minimum atomic E-state index is 0.0698. The molecule has 1 aromatic rings. The second kappa shape index (κ2) is 7.80. The van der Waals surface area contributed by atoms with Crippen molar-refractivity contribution in [2.75, 3.05) is 13.7 Å². The number of hydrogen-bond acceptors (Lipinski definition) is 2. The Balaban J connectivity index is 2.82. The van der Waals surface area contributed by atoms with E-state index in [-0.39, 0.29) is 6.10 Å². The van der Waals surface area contributed by atoms with Crippen LogP contribution in [0.4, 0.5) is 0 Å². The van der Waals surface area contributed by atoms with Gasteiger partial charge in [-0.15, -0.1) is 0 Å². The van der Waals surface area contributed by atoms with E-state index >= 15 is 0 Å². The van der Waals surface area contributed by atoms with Crippen molar-refractivity contribution in [2.24, 2.45) is 0 Å². The summed E-state index contributed by atoms with van der Waals surface area (Å²) < 4.78 is 10.7. The third-order valence-corrected chi connectivity index (χ3v) is 3.08. The first-order valence-electron chi connectivity index (χ1n) is 6.63. The number of rotatable bonds is 6. The van der Waals surface area contributed by atoms with Crippen LogP contribution < -0.4 is 0 Å². The molecule has 0 fully saturated rings. The first-order chi connectivity index (χ1) is 9.08. The first-order valence-corrected chi connectivity index (χ1v) is 6.63. The summed E-state index contributed by atoms with van der Waals surface area (Å²) in [4.78, 5) is 0. The smallest absolute Gasteiger partial charge is 0.118 e. The van der Waals surface area contributed by atoms with Crippen LogP contribution in [0.25, 0.3) is 11.1 Å². The fraction of sp³-hybridized carbons (Fsp3) is 0.412. The van der Waals surface area contributed by atoms with Crippen LogP contribution in [-0.4, -0.2) is 19.8 Å². The molecule has 1 atom stereocenters. The van der Waals surface area contributed by atoms with Crippen LogP contribution in [0.5, 0.6) is 0 Å². The van der Waals surface area contributed by atoms with E-state index in [1.54, 1.807) is 7.11 Å². The first kappa shape index (κ1) is 15.5. The molecule has 0 aliphatic rings. The molecule has 0 saturated heterocycles. The number of benzene rings is 1. The highest BCUT2D eigenvalue weighted by Gasteiger charge is 2.02. The Hall–Kier alpha value is -1.54. The lowest BCUT2D eigenvalue weighted by Crippen LogP contribution is -2.11. The minimum absolute atomic E-state index is 0.0698. The second-order valence-electron chi connectivity index (χ2n) is 4.76. The fourth-order valence-corrected chi connectivity index (χ4v) is 1.74. The Labute approximate surface area is 116 Å². The third-order valence-electron chi connectivity index (χ3n) is 3.08. The van der Waals surface area contributed by atoms with Gasteiger partial charge in [-0.1, -0.05) is 24.3 Å². The average molecular weight is 260 g/mol. The van der Waals surface area contributed by atoms with E-state index in [2.05, 4.69) is 51.1 Å². The molecule has 0 aliphatic carbocycles. The summed E-state index contributed by atoms with van der Waals surface area (Å²) in [6, 6.07) is 8.49. The average Bonchev–Trinajstić information content (AvgIpc) is 2.44. The van der Waals surface area contributed by atoms with Crippen molar-refractivity contribution in [1.82, 2.24) is 0 Å². The summed E-state index contributed by atoms with van der Waals surface area (Å²) >= 11 is 0. The molecule has 0 N–H and O–H groups in total. The molecule has 0 saturated carbocycles. The van der Waals surface area contributed by atoms with Crippen LogP contribution in [0.3, 0.4) is 0 Å². The molecular formula is C17H24O2. The van der Waals surface area contributed by atoms with E-state index in [0.717, 1.165) is 5.57 Å². The number of allylic oxidation sites excluding steroid dienone is 3. The topological polar surface area (TPSA) is 18.5 Å². The van der Waals surface area contributed by atoms with Gasteiger partial charge in [-0.25, -0.2) is 0 Å². The Bertz CT molecular complexity index is 458. The highest BCUT2D eigenvalue weighted by Crippen LogP contribution is 2.20. The molecule has 0 heterocycles. The molecule has 2 heteroatoms. The van der Waals surface area contributed by atoms with Crippen molar-refractivity contribution in [3.63, 3.8) is 0 Å². The SMILES string of the molecule is C/C=C(\C)c1cccc(/C(C)=C/OC(C)COC)c1. The van der Waals surface area contributed by atoms with Crippen molar-refractivity contribution >= 4 is 11.1 Å². The van der Waals surface area contributed by atoms with E-state index in [4.69, 9.17) is 9.47 Å². The van der Waals surface area contributed by atoms with E-state index < -0.39 is 0 Å². The summed E-state index contributed by atoms with van der Waals surface area (Å²) in [5.74, 6) is 0. The summed E-state index contributed by atoms with van der Waals surface area (Å²) in [7, 11) is 1.68. The summed E-state index contributed by atoms with van der Waals surface area (Å²) in [5.41, 5.74) is 4.83. The summed E-state index contributed by atoms with van der Waals surface area (Å²) in [6.45, 7) is 8.83. The van der Waals surface area contributed by atoms with Gasteiger partial charge in [-0.05, 0) is 56.0 Å². The van der Waals surface area contributed by atoms with Crippen LogP contribution in [0.1, 0.15) is 38.8 Å². The van der Waals surface area contributed by atoms with Crippen LogP contribution in [0, 0.1) is 0 Å². The summed E-state index contributed by atoms with van der Waals surface area (Å²) in [6.07, 6.45) is 4.00. The van der Waals surface area contributed by atoms with Gasteiger partial charge in [0.1, 0.15) is 6.10 Å². The van der Waals surface area contributed by atoms with Crippen molar-refractivity contribution in [1.29, 1.82) is 0 Å². The Morgan fingerprint density at radius 1 is 1.21 bits per heavy atom. The van der Waals surface area contributed by atoms with Gasteiger partial charge in [0.05, 0.1) is 12.9 Å². The maximum Gasteiger partial charge on any atom is 0.118 e. The molecule has 0 aliphatic heterocycles. The van der Waals surface area contributed by atoms with Gasteiger partial charge >= 0.3 is 0 Å². The maximum atomic E-state index is 5.62. The van der Waals surface area contributed by atoms with Crippen molar-refractivity contribution in [3.8, 4) is 0 Å². The predicted octanol–water partition coefficient (Wildman–Crippen LogP) is 4.52. The zero-order valence-electron chi connectivity index (χ0n) is 12.6. The Morgan fingerprint density at radius 2 is 1.84 bits per heavy atom. The number of methoxy groups -OCH3 is 1. The van der Waals surface area contributed by atoms with Crippen LogP contribution in [0.2, 0.25) is 0 Å². The monoisotopic (exact) mass is 260 g/mol. The maximum absolute atomic E-state index is 5.62. The molecule has 1 unspecified atom stereocenters. The molecule has 2 nitrogen and oxygen atoms in total. The molecular weight excluding hydrogens is 236 g/mol. The minimum Gasteiger partial charge on any atom is -0.496 e. The van der Waals surface area contributed by atoms with Crippen LogP contribution >= 0.6 is 0 Å². The van der Waals surface area contributed by atoms with Crippen molar-refractivity contribution in [2.45, 2.75) is 33.8 Å². The lowest BCUT2D eigenvalue weighted by molar-refractivity contribution is 0.0638. The normalized spacial score (nSPS) is 14.4. The third kappa shape index (κ3) is 4.92. The van der Waals surface area contributed by atoms with Gasteiger partial charge in [0, 0.05) is 7.11 Å². The Morgan fingerprint density at radius 3 is 2.42 bits per heavy atom. The van der Waals surface area contributed by atoms with Gasteiger partial charge in [0.25, 0.3) is 0 Å². The van der Waals surface area contributed by atoms with E-state index in [1.165, 1.54) is 16.7 Å². The largest absolute Gasteiger partial charge is 0.496 e. The zero-order valence-corrected chi connectivity index (χ0v) is 12.6. The van der Waals surface area contributed by atoms with Crippen LogP contribution in [-0.2, 0) is 9.47 Å². The van der Waals surface area contributed by atoms with Crippen LogP contribution in [0.15, 0.2) is 36.6 Å². The molecule has 0 radical (unpaired) electrons. The van der Waals surface area contributed by atoms with Crippen molar-refractivity contribution < 1.29 is 9.47 Å².